The highest BCUT2D eigenvalue weighted by molar-refractivity contribution is 6.62. The van der Waals surface area contributed by atoms with Gasteiger partial charge in [0.1, 0.15) is 0 Å². The molecule has 6 heteroatoms. The Balaban J connectivity index is 4.21. The van der Waals surface area contributed by atoms with E-state index in [1.54, 1.807) is 21.3 Å². The number of rotatable bonds is 7. The average molecular weight is 222 g/mol. The first-order valence-electron chi connectivity index (χ1n) is 4.66. The summed E-state index contributed by atoms with van der Waals surface area (Å²) in [6.45, 7) is 4.64. The van der Waals surface area contributed by atoms with E-state index < -0.39 is 8.80 Å². The second kappa shape index (κ2) is 6.49. The van der Waals surface area contributed by atoms with Crippen LogP contribution in [0, 0.1) is 0 Å². The minimum Gasteiger partial charge on any atom is -0.377 e. The maximum Gasteiger partial charge on any atom is 0.504 e. The molecule has 0 rings (SSSR count). The van der Waals surface area contributed by atoms with Gasteiger partial charge in [-0.25, -0.2) is 0 Å². The van der Waals surface area contributed by atoms with Crippen molar-refractivity contribution in [3.8, 4) is 0 Å². The van der Waals surface area contributed by atoms with Gasteiger partial charge in [-0.1, -0.05) is 6.92 Å². The molecule has 5 nitrogen and oxygen atoms in total. The summed E-state index contributed by atoms with van der Waals surface area (Å²) in [7, 11) is 2.33. The number of hydrogen-bond acceptors (Lipinski definition) is 5. The standard InChI is InChI=1S/C8H22N2O3Si/c1-7(6-10-8(2)9)14(11-3,12-4)13-5/h7-8,10H,6,9H2,1-5H3. The SMILES string of the molecule is CO[Si](OC)(OC)C(C)CNC(C)N. The number of hydrogen-bond donors (Lipinski definition) is 2. The second-order valence-corrected chi connectivity index (χ2v) is 6.73. The fourth-order valence-corrected chi connectivity index (χ4v) is 3.42. The van der Waals surface area contributed by atoms with Gasteiger partial charge in [-0.2, -0.15) is 0 Å². The minimum atomic E-state index is -2.51. The highest BCUT2D eigenvalue weighted by Gasteiger charge is 2.44. The molecule has 0 aromatic heterocycles. The van der Waals surface area contributed by atoms with E-state index in [9.17, 15) is 0 Å². The molecule has 0 radical (unpaired) electrons. The molecule has 2 atom stereocenters. The van der Waals surface area contributed by atoms with Crippen LogP contribution >= 0.6 is 0 Å². The van der Waals surface area contributed by atoms with E-state index in [0.29, 0.717) is 0 Å². The molecule has 0 aromatic rings. The van der Waals surface area contributed by atoms with E-state index in [2.05, 4.69) is 5.32 Å². The van der Waals surface area contributed by atoms with Gasteiger partial charge in [0, 0.05) is 33.4 Å². The molecule has 0 amide bonds. The summed E-state index contributed by atoms with van der Waals surface area (Å²) in [5.74, 6) is 0. The molecule has 0 aliphatic carbocycles. The zero-order valence-corrected chi connectivity index (χ0v) is 10.7. The second-order valence-electron chi connectivity index (χ2n) is 3.31. The number of nitrogens with two attached hydrogens (primary N) is 1. The van der Waals surface area contributed by atoms with Gasteiger partial charge in [-0.15, -0.1) is 0 Å². The van der Waals surface area contributed by atoms with Crippen LogP contribution in [0.4, 0.5) is 0 Å². The third kappa shape index (κ3) is 3.64. The summed E-state index contributed by atoms with van der Waals surface area (Å²) in [6.07, 6.45) is -0.0327. The van der Waals surface area contributed by atoms with Crippen molar-refractivity contribution < 1.29 is 13.3 Å². The lowest BCUT2D eigenvalue weighted by atomic mass is 10.4. The highest BCUT2D eigenvalue weighted by Crippen LogP contribution is 2.22. The maximum atomic E-state index is 5.59. The Bertz CT molecular complexity index is 145. The molecule has 0 aromatic carbocycles. The van der Waals surface area contributed by atoms with Crippen LogP contribution in [0.1, 0.15) is 13.8 Å². The molecule has 0 saturated carbocycles. The van der Waals surface area contributed by atoms with Crippen LogP contribution in [-0.2, 0) is 13.3 Å². The molecule has 0 aliphatic heterocycles. The molecule has 0 heterocycles. The van der Waals surface area contributed by atoms with Gasteiger partial charge in [-0.05, 0) is 6.92 Å². The Labute approximate surface area is 87.3 Å². The Morgan fingerprint density at radius 1 is 1.14 bits per heavy atom. The minimum absolute atomic E-state index is 0.0327. The van der Waals surface area contributed by atoms with Crippen molar-refractivity contribution in [1.82, 2.24) is 5.32 Å². The molecule has 3 N–H and O–H groups in total. The zero-order chi connectivity index (χ0) is 11.2. The fourth-order valence-electron chi connectivity index (χ4n) is 1.34. The topological polar surface area (TPSA) is 65.7 Å². The molecule has 0 spiro atoms. The van der Waals surface area contributed by atoms with Crippen molar-refractivity contribution >= 4 is 8.80 Å². The fraction of sp³-hybridized carbons (Fsp3) is 1.00. The van der Waals surface area contributed by atoms with E-state index in [-0.39, 0.29) is 11.7 Å². The van der Waals surface area contributed by atoms with E-state index in [1.807, 2.05) is 13.8 Å². The van der Waals surface area contributed by atoms with Crippen LogP contribution in [0.25, 0.3) is 0 Å². The first-order valence-corrected chi connectivity index (χ1v) is 6.47. The van der Waals surface area contributed by atoms with E-state index in [0.717, 1.165) is 6.54 Å². The van der Waals surface area contributed by atoms with Crippen molar-refractivity contribution in [2.75, 3.05) is 27.9 Å². The Morgan fingerprint density at radius 2 is 1.57 bits per heavy atom. The normalized spacial score (nSPS) is 16.7. The first kappa shape index (κ1) is 14.0. The van der Waals surface area contributed by atoms with Crippen LogP contribution in [0.5, 0.6) is 0 Å². The summed E-state index contributed by atoms with van der Waals surface area (Å²) in [4.78, 5) is 0. The lowest BCUT2D eigenvalue weighted by molar-refractivity contribution is 0.112. The van der Waals surface area contributed by atoms with Crippen molar-refractivity contribution in [2.45, 2.75) is 25.6 Å². The van der Waals surface area contributed by atoms with Crippen LogP contribution < -0.4 is 11.1 Å². The Kier molecular flexibility index (Phi) is 6.50. The van der Waals surface area contributed by atoms with Crippen LogP contribution in [0.3, 0.4) is 0 Å². The van der Waals surface area contributed by atoms with Crippen molar-refractivity contribution in [2.24, 2.45) is 5.73 Å². The van der Waals surface area contributed by atoms with Crippen LogP contribution in [-0.4, -0.2) is 42.8 Å². The summed E-state index contributed by atoms with van der Waals surface area (Å²) in [5, 5.41) is 3.13. The maximum absolute atomic E-state index is 5.59. The van der Waals surface area contributed by atoms with Crippen molar-refractivity contribution in [1.29, 1.82) is 0 Å². The van der Waals surface area contributed by atoms with Gasteiger partial charge in [0.15, 0.2) is 0 Å². The van der Waals surface area contributed by atoms with Gasteiger partial charge in [0.2, 0.25) is 0 Å². The van der Waals surface area contributed by atoms with Gasteiger partial charge in [-0.3, -0.25) is 0 Å². The van der Waals surface area contributed by atoms with Gasteiger partial charge in [0.25, 0.3) is 0 Å². The molecule has 2 unspecified atom stereocenters. The summed E-state index contributed by atoms with van der Waals surface area (Å²) in [5.41, 5.74) is 5.76. The summed E-state index contributed by atoms with van der Waals surface area (Å²) < 4.78 is 16.0. The zero-order valence-electron chi connectivity index (χ0n) is 9.66. The van der Waals surface area contributed by atoms with Crippen LogP contribution in [0.2, 0.25) is 5.54 Å². The summed E-state index contributed by atoms with van der Waals surface area (Å²) >= 11 is 0. The van der Waals surface area contributed by atoms with Gasteiger partial charge in [0.05, 0.1) is 6.17 Å². The van der Waals surface area contributed by atoms with Gasteiger partial charge >= 0.3 is 8.80 Å². The van der Waals surface area contributed by atoms with E-state index >= 15 is 0 Å². The molecular formula is C8H22N2O3Si. The monoisotopic (exact) mass is 222 g/mol. The molecular weight excluding hydrogens is 200 g/mol. The van der Waals surface area contributed by atoms with Gasteiger partial charge < -0.3 is 24.3 Å². The van der Waals surface area contributed by atoms with Crippen molar-refractivity contribution in [3.63, 3.8) is 0 Å². The average Bonchev–Trinajstić information content (AvgIpc) is 2.18. The largest absolute Gasteiger partial charge is 0.504 e. The third-order valence-corrected chi connectivity index (χ3v) is 5.32. The Morgan fingerprint density at radius 3 is 1.86 bits per heavy atom. The van der Waals surface area contributed by atoms with Crippen molar-refractivity contribution in [3.05, 3.63) is 0 Å². The lowest BCUT2D eigenvalue weighted by Crippen LogP contribution is -2.51. The first-order chi connectivity index (χ1) is 6.52. The Hall–Kier alpha value is 0.0169. The van der Waals surface area contributed by atoms with E-state index in [4.69, 9.17) is 19.0 Å². The molecule has 0 bridgehead atoms. The molecule has 0 aliphatic rings. The predicted octanol–water partition coefficient (Wildman–Crippen LogP) is 0.149. The number of nitrogens with one attached hydrogen (secondary N) is 1. The van der Waals surface area contributed by atoms with Crippen LogP contribution in [0.15, 0.2) is 0 Å². The smallest absolute Gasteiger partial charge is 0.377 e. The highest BCUT2D eigenvalue weighted by atomic mass is 28.4. The predicted molar refractivity (Wildman–Crippen MR) is 57.9 cm³/mol. The quantitative estimate of drug-likeness (QED) is 0.474. The van der Waals surface area contributed by atoms with E-state index in [1.165, 1.54) is 0 Å². The molecule has 14 heavy (non-hydrogen) atoms. The third-order valence-electron chi connectivity index (χ3n) is 2.20. The molecule has 0 fully saturated rings. The molecule has 0 saturated heterocycles. The summed E-state index contributed by atoms with van der Waals surface area (Å²) in [6, 6.07) is 0. The molecule has 86 valence electrons. The lowest BCUT2D eigenvalue weighted by Gasteiger charge is -2.30.